The van der Waals surface area contributed by atoms with Crippen molar-refractivity contribution in [1.82, 2.24) is 0 Å². The fourth-order valence-corrected chi connectivity index (χ4v) is 0.677. The fourth-order valence-electron chi connectivity index (χ4n) is 0.677. The van der Waals surface area contributed by atoms with Crippen molar-refractivity contribution in [2.45, 2.75) is 6.92 Å². The van der Waals surface area contributed by atoms with Crippen LogP contribution in [0.4, 0.5) is 5.69 Å². The lowest BCUT2D eigenvalue weighted by atomic mass is 10.3. The molecule has 0 saturated heterocycles. The largest absolute Gasteiger partial charge is 0.362 e. The van der Waals surface area contributed by atoms with Crippen LogP contribution in [0.15, 0.2) is 52.9 Å². The Morgan fingerprint density at radius 2 is 2.00 bits per heavy atom. The average Bonchev–Trinajstić information content (AvgIpc) is 2.19. The zero-order chi connectivity index (χ0) is 10.4. The van der Waals surface area contributed by atoms with Crippen LogP contribution in [0.25, 0.3) is 0 Å². The van der Waals surface area contributed by atoms with E-state index in [9.17, 15) is 4.79 Å². The van der Waals surface area contributed by atoms with Crippen LogP contribution in [0.3, 0.4) is 0 Å². The summed E-state index contributed by atoms with van der Waals surface area (Å²) in [7, 11) is 0. The second-order valence-corrected chi connectivity index (χ2v) is 2.68. The number of hydrogen-bond acceptors (Lipinski definition) is 4. The Morgan fingerprint density at radius 1 is 1.36 bits per heavy atom. The van der Waals surface area contributed by atoms with Gasteiger partial charge in [-0.05, 0) is 19.1 Å². The summed E-state index contributed by atoms with van der Waals surface area (Å²) in [5.41, 5.74) is 0.916. The van der Waals surface area contributed by atoms with Crippen molar-refractivity contribution in [3.05, 3.63) is 42.5 Å². The molecule has 0 heterocycles. The van der Waals surface area contributed by atoms with E-state index >= 15 is 0 Å². The summed E-state index contributed by atoms with van der Waals surface area (Å²) >= 11 is 0. The quantitative estimate of drug-likeness (QED) is 0.418. The first-order valence-electron chi connectivity index (χ1n) is 4.03. The Morgan fingerprint density at radius 3 is 2.57 bits per heavy atom. The van der Waals surface area contributed by atoms with Gasteiger partial charge in [0.2, 0.25) is 0 Å². The third-order valence-electron chi connectivity index (χ3n) is 1.38. The first-order chi connectivity index (χ1) is 6.70. The number of nitrogens with zero attached hydrogens (tertiary/aromatic N) is 2. The number of carbonyl (C=O) groups is 1. The van der Waals surface area contributed by atoms with Gasteiger partial charge in [0.15, 0.2) is 0 Å². The van der Waals surface area contributed by atoms with Gasteiger partial charge in [-0.15, -0.1) is 5.11 Å². The van der Waals surface area contributed by atoms with E-state index in [1.807, 2.05) is 18.2 Å². The third kappa shape index (κ3) is 3.18. The molecule has 1 aromatic rings. The molecule has 0 saturated carbocycles. The Labute approximate surface area is 81.9 Å². The van der Waals surface area contributed by atoms with Crippen molar-refractivity contribution < 1.29 is 9.63 Å². The molecule has 1 rings (SSSR count). The number of carbonyl (C=O) groups excluding carboxylic acids is 1. The third-order valence-corrected chi connectivity index (χ3v) is 1.38. The van der Waals surface area contributed by atoms with Crippen molar-refractivity contribution in [3.63, 3.8) is 0 Å². The average molecular weight is 190 g/mol. The summed E-state index contributed by atoms with van der Waals surface area (Å²) in [5, 5.41) is 6.95. The molecule has 0 amide bonds. The molecular formula is C10H10N2O2. The molecule has 0 atom stereocenters. The van der Waals surface area contributed by atoms with Crippen molar-refractivity contribution >= 4 is 11.7 Å². The van der Waals surface area contributed by atoms with Gasteiger partial charge in [-0.3, -0.25) is 4.84 Å². The van der Waals surface area contributed by atoms with E-state index in [0.717, 1.165) is 0 Å². The molecule has 0 unspecified atom stereocenters. The van der Waals surface area contributed by atoms with Crippen LogP contribution in [0, 0.1) is 0 Å². The van der Waals surface area contributed by atoms with Gasteiger partial charge in [-0.2, -0.15) is 0 Å². The highest BCUT2D eigenvalue weighted by Gasteiger charge is 2.01. The maximum Gasteiger partial charge on any atom is 0.362 e. The lowest BCUT2D eigenvalue weighted by Gasteiger charge is -1.93. The molecule has 0 radical (unpaired) electrons. The lowest BCUT2D eigenvalue weighted by molar-refractivity contribution is -0.139. The van der Waals surface area contributed by atoms with Gasteiger partial charge < -0.3 is 0 Å². The molecule has 0 aliphatic heterocycles. The summed E-state index contributed by atoms with van der Waals surface area (Å²) in [6, 6.07) is 8.99. The molecule has 1 aromatic carbocycles. The Hall–Kier alpha value is -1.97. The van der Waals surface area contributed by atoms with Crippen LogP contribution in [0.5, 0.6) is 0 Å². The second kappa shape index (κ2) is 4.91. The fraction of sp³-hybridized carbons (Fsp3) is 0.100. The van der Waals surface area contributed by atoms with Gasteiger partial charge in [0.25, 0.3) is 0 Å². The van der Waals surface area contributed by atoms with E-state index in [1.165, 1.54) is 0 Å². The molecule has 4 heteroatoms. The minimum absolute atomic E-state index is 0.289. The van der Waals surface area contributed by atoms with Crippen molar-refractivity contribution in [2.75, 3.05) is 0 Å². The summed E-state index contributed by atoms with van der Waals surface area (Å²) < 4.78 is 0. The summed E-state index contributed by atoms with van der Waals surface area (Å²) in [4.78, 5) is 15.3. The molecule has 72 valence electrons. The Kier molecular flexibility index (Phi) is 3.55. The van der Waals surface area contributed by atoms with Crippen molar-refractivity contribution in [3.8, 4) is 0 Å². The van der Waals surface area contributed by atoms with E-state index in [2.05, 4.69) is 21.8 Å². The van der Waals surface area contributed by atoms with Crippen LogP contribution in [0.2, 0.25) is 0 Å². The molecule has 0 spiro atoms. The maximum absolute atomic E-state index is 10.9. The SMILES string of the molecule is C=C(C)C(=O)ON=Nc1ccccc1. The first-order valence-corrected chi connectivity index (χ1v) is 4.03. The molecule has 0 N–H and O–H groups in total. The highest BCUT2D eigenvalue weighted by Crippen LogP contribution is 2.10. The summed E-state index contributed by atoms with van der Waals surface area (Å²) in [6.07, 6.45) is 0. The summed E-state index contributed by atoms with van der Waals surface area (Å²) in [6.45, 7) is 4.95. The molecule has 4 nitrogen and oxygen atoms in total. The zero-order valence-corrected chi connectivity index (χ0v) is 7.80. The Balaban J connectivity index is 2.50. The molecule has 0 fully saturated rings. The van der Waals surface area contributed by atoms with Crippen LogP contribution in [-0.2, 0) is 9.63 Å². The predicted octanol–water partition coefficient (Wildman–Crippen LogP) is 2.80. The number of benzene rings is 1. The normalized spacial score (nSPS) is 10.1. The standard InChI is InChI=1S/C10H10N2O2/c1-8(2)10(13)14-12-11-9-6-4-3-5-7-9/h3-7H,1H2,2H3. The number of hydrogen-bond donors (Lipinski definition) is 0. The lowest BCUT2D eigenvalue weighted by Crippen LogP contribution is -1.98. The van der Waals surface area contributed by atoms with Crippen LogP contribution in [0.1, 0.15) is 6.92 Å². The van der Waals surface area contributed by atoms with Gasteiger partial charge in [0, 0.05) is 10.9 Å². The Bertz CT molecular complexity index is 358. The topological polar surface area (TPSA) is 51.0 Å². The minimum atomic E-state index is -0.579. The van der Waals surface area contributed by atoms with Crippen LogP contribution >= 0.6 is 0 Å². The smallest absolute Gasteiger partial charge is 0.295 e. The van der Waals surface area contributed by atoms with Crippen molar-refractivity contribution in [2.24, 2.45) is 10.4 Å². The van der Waals surface area contributed by atoms with E-state index in [1.54, 1.807) is 19.1 Å². The van der Waals surface area contributed by atoms with Crippen molar-refractivity contribution in [1.29, 1.82) is 0 Å². The number of rotatable bonds is 3. The van der Waals surface area contributed by atoms with Gasteiger partial charge >= 0.3 is 5.97 Å². The molecule has 0 aromatic heterocycles. The molecule has 14 heavy (non-hydrogen) atoms. The molecule has 0 aliphatic rings. The summed E-state index contributed by atoms with van der Waals surface area (Å²) in [5.74, 6) is -0.579. The second-order valence-electron chi connectivity index (χ2n) is 2.68. The maximum atomic E-state index is 10.9. The van der Waals surface area contributed by atoms with E-state index < -0.39 is 5.97 Å². The van der Waals surface area contributed by atoms with Crippen LogP contribution in [-0.4, -0.2) is 5.97 Å². The zero-order valence-electron chi connectivity index (χ0n) is 7.80. The first kappa shape index (κ1) is 10.1. The van der Waals surface area contributed by atoms with E-state index in [0.29, 0.717) is 5.69 Å². The highest BCUT2D eigenvalue weighted by molar-refractivity contribution is 5.86. The van der Waals surface area contributed by atoms with Gasteiger partial charge in [0.1, 0.15) is 0 Å². The monoisotopic (exact) mass is 190 g/mol. The van der Waals surface area contributed by atoms with E-state index in [-0.39, 0.29) is 5.57 Å². The van der Waals surface area contributed by atoms with Gasteiger partial charge in [-0.25, -0.2) is 4.79 Å². The van der Waals surface area contributed by atoms with Crippen LogP contribution < -0.4 is 0 Å². The molecular weight excluding hydrogens is 180 g/mol. The van der Waals surface area contributed by atoms with E-state index in [4.69, 9.17) is 0 Å². The van der Waals surface area contributed by atoms with Gasteiger partial charge in [0.05, 0.1) is 5.69 Å². The molecule has 0 bridgehead atoms. The minimum Gasteiger partial charge on any atom is -0.295 e. The molecule has 0 aliphatic carbocycles. The predicted molar refractivity (Wildman–Crippen MR) is 51.9 cm³/mol. The highest BCUT2D eigenvalue weighted by atomic mass is 16.7. The van der Waals surface area contributed by atoms with Gasteiger partial charge in [-0.1, -0.05) is 24.8 Å².